The Hall–Kier alpha value is -0.350. The summed E-state index contributed by atoms with van der Waals surface area (Å²) in [5.74, 6) is 3.88. The first-order valence-electron chi connectivity index (χ1n) is 1.77. The van der Waals surface area contributed by atoms with Crippen LogP contribution in [0.1, 0.15) is 0 Å². The summed E-state index contributed by atoms with van der Waals surface area (Å²) in [6.07, 6.45) is 3.94. The van der Waals surface area contributed by atoms with Crippen molar-refractivity contribution in [1.82, 2.24) is 0 Å². The minimum atomic E-state index is 1.06. The standard InChI is InChI=1S/C5H4S/c1-2-4-6-5-3-1/h1-2H,4H2. The molecule has 0 spiro atoms. The van der Waals surface area contributed by atoms with Crippen LogP contribution in [0.5, 0.6) is 0 Å². The van der Waals surface area contributed by atoms with Crippen molar-refractivity contribution in [3.63, 3.8) is 0 Å². The van der Waals surface area contributed by atoms with Gasteiger partial charge in [0, 0.05) is 5.75 Å². The average molecular weight is 96.2 g/mol. The molecule has 0 unspecified atom stereocenters. The molecular formula is C5H4S. The lowest BCUT2D eigenvalue weighted by atomic mass is 10.5. The maximum atomic E-state index is 2.86. The molecule has 0 saturated carbocycles. The van der Waals surface area contributed by atoms with Gasteiger partial charge in [-0.3, -0.25) is 0 Å². The van der Waals surface area contributed by atoms with Crippen LogP contribution in [0.25, 0.3) is 0 Å². The van der Waals surface area contributed by atoms with Crippen molar-refractivity contribution in [3.05, 3.63) is 12.2 Å². The second kappa shape index (κ2) is 1.94. The van der Waals surface area contributed by atoms with E-state index in [-0.39, 0.29) is 0 Å². The van der Waals surface area contributed by atoms with Crippen LogP contribution >= 0.6 is 11.8 Å². The molecule has 1 aliphatic rings. The maximum Gasteiger partial charge on any atom is 0.0246 e. The summed E-state index contributed by atoms with van der Waals surface area (Å²) >= 11 is 1.65. The van der Waals surface area contributed by atoms with Crippen molar-refractivity contribution in [2.24, 2.45) is 0 Å². The third-order valence-electron chi connectivity index (χ3n) is 0.512. The normalized spacial score (nSPS) is 16.0. The molecule has 0 aromatic rings. The number of thioether (sulfide) groups is 1. The van der Waals surface area contributed by atoms with Crippen LogP contribution in [0, 0.1) is 11.2 Å². The van der Waals surface area contributed by atoms with Crippen LogP contribution < -0.4 is 0 Å². The van der Waals surface area contributed by atoms with Crippen LogP contribution in [-0.2, 0) is 0 Å². The highest BCUT2D eigenvalue weighted by molar-refractivity contribution is 8.04. The van der Waals surface area contributed by atoms with Crippen molar-refractivity contribution < 1.29 is 0 Å². The Bertz CT molecular complexity index is 114. The molecular weight excluding hydrogens is 92.1 g/mol. The van der Waals surface area contributed by atoms with Gasteiger partial charge in [-0.2, -0.15) is 0 Å². The third-order valence-corrected chi connectivity index (χ3v) is 1.13. The van der Waals surface area contributed by atoms with Gasteiger partial charge in [-0.1, -0.05) is 23.8 Å². The molecule has 1 heteroatoms. The van der Waals surface area contributed by atoms with Gasteiger partial charge in [-0.05, 0) is 11.3 Å². The van der Waals surface area contributed by atoms with Gasteiger partial charge in [-0.25, -0.2) is 0 Å². The second-order valence-electron chi connectivity index (χ2n) is 0.960. The van der Waals surface area contributed by atoms with E-state index in [9.17, 15) is 0 Å². The third kappa shape index (κ3) is 0.803. The van der Waals surface area contributed by atoms with Gasteiger partial charge in [0.2, 0.25) is 0 Å². The summed E-state index contributed by atoms with van der Waals surface area (Å²) in [6, 6.07) is 0. The van der Waals surface area contributed by atoms with E-state index < -0.39 is 0 Å². The highest BCUT2D eigenvalue weighted by atomic mass is 32.2. The highest BCUT2D eigenvalue weighted by Gasteiger charge is 1.76. The molecule has 6 heavy (non-hydrogen) atoms. The zero-order valence-electron chi connectivity index (χ0n) is 3.27. The molecule has 0 aliphatic carbocycles. The molecule has 0 radical (unpaired) electrons. The molecule has 0 nitrogen and oxygen atoms in total. The molecule has 0 aromatic heterocycles. The van der Waals surface area contributed by atoms with Crippen LogP contribution in [0.3, 0.4) is 0 Å². The Labute approximate surface area is 41.6 Å². The Morgan fingerprint density at radius 1 is 1.67 bits per heavy atom. The first-order chi connectivity index (χ1) is 3.00. The Morgan fingerprint density at radius 3 is 2.83 bits per heavy atom. The summed E-state index contributed by atoms with van der Waals surface area (Å²) in [4.78, 5) is 0. The Kier molecular flexibility index (Phi) is 1.24. The zero-order chi connectivity index (χ0) is 4.24. The molecule has 0 N–H and O–H groups in total. The fraction of sp³-hybridized carbons (Fsp3) is 0.200. The molecule has 0 amide bonds. The predicted octanol–water partition coefficient (Wildman–Crippen LogP) is 1.25. The minimum absolute atomic E-state index is 1.06. The van der Waals surface area contributed by atoms with Gasteiger partial charge in [0.05, 0.1) is 0 Å². The lowest BCUT2D eigenvalue weighted by molar-refractivity contribution is 1.78. The van der Waals surface area contributed by atoms with Gasteiger partial charge >= 0.3 is 0 Å². The van der Waals surface area contributed by atoms with Crippen LogP contribution in [0.4, 0.5) is 0 Å². The van der Waals surface area contributed by atoms with Gasteiger partial charge in [0.15, 0.2) is 0 Å². The molecule has 30 valence electrons. The average Bonchev–Trinajstić information content (AvgIpc) is 1.72. The molecule has 0 atom stereocenters. The Balaban J connectivity index is 2.58. The predicted molar refractivity (Wildman–Crippen MR) is 29.4 cm³/mol. The summed E-state index contributed by atoms with van der Waals surface area (Å²) in [5, 5.41) is 2.86. The van der Waals surface area contributed by atoms with Crippen LogP contribution in [-0.4, -0.2) is 5.75 Å². The van der Waals surface area contributed by atoms with E-state index in [2.05, 4.69) is 17.2 Å². The molecule has 0 bridgehead atoms. The zero-order valence-corrected chi connectivity index (χ0v) is 4.09. The summed E-state index contributed by atoms with van der Waals surface area (Å²) in [5.41, 5.74) is 0. The molecule has 0 fully saturated rings. The van der Waals surface area contributed by atoms with E-state index >= 15 is 0 Å². The van der Waals surface area contributed by atoms with Crippen molar-refractivity contribution in [2.75, 3.05) is 5.75 Å². The first kappa shape index (κ1) is 3.83. The van der Waals surface area contributed by atoms with E-state index in [0.29, 0.717) is 0 Å². The van der Waals surface area contributed by atoms with E-state index in [1.54, 1.807) is 11.8 Å². The van der Waals surface area contributed by atoms with E-state index in [1.807, 2.05) is 6.08 Å². The number of hydrogen-bond donors (Lipinski definition) is 0. The van der Waals surface area contributed by atoms with Crippen molar-refractivity contribution in [2.45, 2.75) is 0 Å². The molecule has 0 aromatic carbocycles. The highest BCUT2D eigenvalue weighted by Crippen LogP contribution is 1.99. The summed E-state index contributed by atoms with van der Waals surface area (Å²) in [7, 11) is 0. The van der Waals surface area contributed by atoms with E-state index in [0.717, 1.165) is 5.75 Å². The van der Waals surface area contributed by atoms with Crippen LogP contribution in [0.15, 0.2) is 12.2 Å². The Morgan fingerprint density at radius 2 is 2.67 bits per heavy atom. The van der Waals surface area contributed by atoms with Crippen molar-refractivity contribution in [1.29, 1.82) is 0 Å². The largest absolute Gasteiger partial charge is 0.0705 e. The molecule has 0 saturated heterocycles. The fourth-order valence-corrected chi connectivity index (χ4v) is 0.700. The van der Waals surface area contributed by atoms with Crippen molar-refractivity contribution >= 4 is 11.8 Å². The first-order valence-corrected chi connectivity index (χ1v) is 2.76. The van der Waals surface area contributed by atoms with Gasteiger partial charge in [-0.15, -0.1) is 0 Å². The van der Waals surface area contributed by atoms with Gasteiger partial charge < -0.3 is 0 Å². The summed E-state index contributed by atoms with van der Waals surface area (Å²) in [6.45, 7) is 0. The van der Waals surface area contributed by atoms with Gasteiger partial charge in [0.25, 0.3) is 0 Å². The van der Waals surface area contributed by atoms with Gasteiger partial charge in [0.1, 0.15) is 0 Å². The lowest BCUT2D eigenvalue weighted by Crippen LogP contribution is -1.68. The smallest absolute Gasteiger partial charge is 0.0246 e. The topological polar surface area (TPSA) is 0 Å². The molecule has 1 heterocycles. The lowest BCUT2D eigenvalue weighted by Gasteiger charge is -1.82. The SMILES string of the molecule is C1#CSCC=C1. The monoisotopic (exact) mass is 96.0 g/mol. The number of hydrogen-bond acceptors (Lipinski definition) is 1. The molecule has 1 aliphatic heterocycles. The van der Waals surface area contributed by atoms with E-state index in [4.69, 9.17) is 0 Å². The fourth-order valence-electron chi connectivity index (χ4n) is 0.273. The van der Waals surface area contributed by atoms with Crippen molar-refractivity contribution in [3.8, 4) is 11.2 Å². The van der Waals surface area contributed by atoms with E-state index in [1.165, 1.54) is 0 Å². The number of rotatable bonds is 0. The minimum Gasteiger partial charge on any atom is -0.0705 e. The summed E-state index contributed by atoms with van der Waals surface area (Å²) < 4.78 is 0. The van der Waals surface area contributed by atoms with Crippen LogP contribution in [0.2, 0.25) is 0 Å². The maximum absolute atomic E-state index is 2.86. The number of allylic oxidation sites excluding steroid dienone is 1. The quantitative estimate of drug-likeness (QED) is 0.409. The second-order valence-corrected chi connectivity index (χ2v) is 1.79. The molecule has 1 rings (SSSR count).